The van der Waals surface area contributed by atoms with Crippen LogP contribution in [-0.2, 0) is 4.79 Å². The van der Waals surface area contributed by atoms with Crippen molar-refractivity contribution >= 4 is 46.4 Å². The summed E-state index contributed by atoms with van der Waals surface area (Å²) in [4.78, 5) is 30.1. The van der Waals surface area contributed by atoms with Crippen LogP contribution in [0.2, 0.25) is 5.02 Å². The summed E-state index contributed by atoms with van der Waals surface area (Å²) in [6, 6.07) is 18.8. The molecule has 1 heterocycles. The molecule has 1 aromatic heterocycles. The molecule has 0 atom stereocenters. The van der Waals surface area contributed by atoms with Crippen molar-refractivity contribution in [1.29, 1.82) is 0 Å². The lowest BCUT2D eigenvalue weighted by Gasteiger charge is -2.13. The molecule has 0 radical (unpaired) electrons. The van der Waals surface area contributed by atoms with Gasteiger partial charge in [-0.1, -0.05) is 59.3 Å². The zero-order chi connectivity index (χ0) is 23.4. The highest BCUT2D eigenvalue weighted by Gasteiger charge is 2.14. The molecule has 0 aliphatic carbocycles. The lowest BCUT2D eigenvalue weighted by Crippen LogP contribution is -2.24. The molecule has 0 aliphatic rings. The molecule has 6 nitrogen and oxygen atoms in total. The predicted molar refractivity (Wildman–Crippen MR) is 130 cm³/mol. The van der Waals surface area contributed by atoms with Gasteiger partial charge in [0.25, 0.3) is 11.5 Å². The van der Waals surface area contributed by atoms with Crippen molar-refractivity contribution in [2.45, 2.75) is 12.1 Å². The average Bonchev–Trinajstić information content (AvgIpc) is 2.80. The van der Waals surface area contributed by atoms with Gasteiger partial charge in [0.15, 0.2) is 5.16 Å². The van der Waals surface area contributed by atoms with Crippen LogP contribution in [0.4, 0.5) is 4.39 Å². The van der Waals surface area contributed by atoms with Gasteiger partial charge in [-0.25, -0.2) is 14.8 Å². The molecule has 4 rings (SSSR count). The number of carbonyl (C=O) groups excluding carboxylic acids is 1. The number of carbonyl (C=O) groups is 1. The standard InChI is InChI=1S/C24H18ClFN4O2S/c1-15-9-11-16(12-10-15)30-23(32)17-5-2-3-8-21(17)28-24(30)33-14-22(31)29-27-13-18-19(25)6-4-7-20(18)26/h2-13H,14H2,1H3,(H,29,31)/b27-13-. The zero-order valence-electron chi connectivity index (χ0n) is 17.5. The van der Waals surface area contributed by atoms with Crippen molar-refractivity contribution in [3.63, 3.8) is 0 Å². The molecule has 1 N–H and O–H groups in total. The van der Waals surface area contributed by atoms with E-state index in [-0.39, 0.29) is 21.9 Å². The Labute approximate surface area is 198 Å². The first-order chi connectivity index (χ1) is 15.9. The number of hydrogen-bond donors (Lipinski definition) is 1. The van der Waals surface area contributed by atoms with E-state index in [0.717, 1.165) is 23.5 Å². The number of fused-ring (bicyclic) bond motifs is 1. The molecular formula is C24H18ClFN4O2S. The zero-order valence-corrected chi connectivity index (χ0v) is 19.0. The van der Waals surface area contributed by atoms with Gasteiger partial charge in [-0.3, -0.25) is 14.2 Å². The number of nitrogens with zero attached hydrogens (tertiary/aromatic N) is 3. The second-order valence-corrected chi connectivity index (χ2v) is 8.45. The lowest BCUT2D eigenvalue weighted by atomic mass is 10.2. The number of rotatable bonds is 6. The summed E-state index contributed by atoms with van der Waals surface area (Å²) in [7, 11) is 0. The number of aryl methyl sites for hydroxylation is 1. The van der Waals surface area contributed by atoms with E-state index in [2.05, 4.69) is 15.5 Å². The van der Waals surface area contributed by atoms with Crippen molar-refractivity contribution in [2.75, 3.05) is 5.75 Å². The minimum Gasteiger partial charge on any atom is -0.272 e. The average molecular weight is 481 g/mol. The van der Waals surface area contributed by atoms with E-state index in [1.54, 1.807) is 24.3 Å². The Morgan fingerprint density at radius 1 is 1.15 bits per heavy atom. The van der Waals surface area contributed by atoms with Crippen LogP contribution in [-0.4, -0.2) is 27.4 Å². The fourth-order valence-corrected chi connectivity index (χ4v) is 4.11. The van der Waals surface area contributed by atoms with Gasteiger partial charge in [0, 0.05) is 5.56 Å². The highest BCUT2D eigenvalue weighted by molar-refractivity contribution is 7.99. The molecule has 3 aromatic carbocycles. The fraction of sp³-hybridized carbons (Fsp3) is 0.0833. The molecule has 0 saturated carbocycles. The quantitative estimate of drug-likeness (QED) is 0.187. The number of nitrogens with one attached hydrogen (secondary N) is 1. The van der Waals surface area contributed by atoms with E-state index in [9.17, 15) is 14.0 Å². The molecule has 33 heavy (non-hydrogen) atoms. The number of benzene rings is 3. The molecule has 0 spiro atoms. The normalized spacial score (nSPS) is 11.2. The van der Waals surface area contributed by atoms with Crippen molar-refractivity contribution in [3.05, 3.63) is 99.1 Å². The molecule has 166 valence electrons. The summed E-state index contributed by atoms with van der Waals surface area (Å²) in [6.07, 6.45) is 1.15. The summed E-state index contributed by atoms with van der Waals surface area (Å²) >= 11 is 7.05. The minimum absolute atomic E-state index is 0.0566. The van der Waals surface area contributed by atoms with Gasteiger partial charge in [-0.05, 0) is 43.3 Å². The lowest BCUT2D eigenvalue weighted by molar-refractivity contribution is -0.118. The number of para-hydroxylation sites is 1. The van der Waals surface area contributed by atoms with Crippen LogP contribution in [0, 0.1) is 12.7 Å². The Kier molecular flexibility index (Phi) is 6.86. The summed E-state index contributed by atoms with van der Waals surface area (Å²) in [5.74, 6) is -1.04. The predicted octanol–water partition coefficient (Wildman–Crippen LogP) is 4.73. The minimum atomic E-state index is -0.544. The molecule has 4 aromatic rings. The topological polar surface area (TPSA) is 76.3 Å². The highest BCUT2D eigenvalue weighted by Crippen LogP contribution is 2.21. The van der Waals surface area contributed by atoms with Gasteiger partial charge in [0.1, 0.15) is 5.82 Å². The summed E-state index contributed by atoms with van der Waals surface area (Å²) in [6.45, 7) is 1.96. The SMILES string of the molecule is Cc1ccc(-n2c(SCC(=O)N/N=C\c3c(F)cccc3Cl)nc3ccccc3c2=O)cc1. The van der Waals surface area contributed by atoms with Crippen molar-refractivity contribution in [1.82, 2.24) is 15.0 Å². The van der Waals surface area contributed by atoms with Gasteiger partial charge in [-0.2, -0.15) is 5.10 Å². The fourth-order valence-electron chi connectivity index (χ4n) is 3.10. The van der Waals surface area contributed by atoms with Crippen molar-refractivity contribution in [3.8, 4) is 5.69 Å². The molecular weight excluding hydrogens is 463 g/mol. The van der Waals surface area contributed by atoms with Crippen LogP contribution in [0.1, 0.15) is 11.1 Å². The maximum absolute atomic E-state index is 13.8. The Morgan fingerprint density at radius 2 is 1.91 bits per heavy atom. The number of hydrogen-bond acceptors (Lipinski definition) is 5. The largest absolute Gasteiger partial charge is 0.272 e. The molecule has 9 heteroatoms. The summed E-state index contributed by atoms with van der Waals surface area (Å²) in [5.41, 5.74) is 4.45. The highest BCUT2D eigenvalue weighted by atomic mass is 35.5. The van der Waals surface area contributed by atoms with Crippen molar-refractivity contribution in [2.24, 2.45) is 5.10 Å². The second-order valence-electron chi connectivity index (χ2n) is 7.10. The van der Waals surface area contributed by atoms with Crippen LogP contribution < -0.4 is 11.0 Å². The summed E-state index contributed by atoms with van der Waals surface area (Å²) in [5, 5.41) is 4.83. The van der Waals surface area contributed by atoms with Crippen LogP contribution in [0.3, 0.4) is 0 Å². The number of halogens is 2. The van der Waals surface area contributed by atoms with Gasteiger partial charge in [0.05, 0.1) is 33.6 Å². The third kappa shape index (κ3) is 5.13. The molecule has 0 unspecified atom stereocenters. The van der Waals surface area contributed by atoms with Gasteiger partial charge in [-0.15, -0.1) is 0 Å². The molecule has 0 aliphatic heterocycles. The van der Waals surface area contributed by atoms with Gasteiger partial charge < -0.3 is 0 Å². The monoisotopic (exact) mass is 480 g/mol. The van der Waals surface area contributed by atoms with Crippen molar-refractivity contribution < 1.29 is 9.18 Å². The molecule has 0 bridgehead atoms. The van der Waals surface area contributed by atoms with E-state index in [1.807, 2.05) is 31.2 Å². The van der Waals surface area contributed by atoms with Crippen LogP contribution >= 0.6 is 23.4 Å². The summed E-state index contributed by atoms with van der Waals surface area (Å²) < 4.78 is 15.3. The smallest absolute Gasteiger partial charge is 0.266 e. The van der Waals surface area contributed by atoms with Gasteiger partial charge in [0.2, 0.25) is 0 Å². The van der Waals surface area contributed by atoms with E-state index in [0.29, 0.717) is 21.7 Å². The first-order valence-electron chi connectivity index (χ1n) is 9.91. The van der Waals surface area contributed by atoms with Crippen LogP contribution in [0.15, 0.2) is 81.8 Å². The maximum atomic E-state index is 13.8. The van der Waals surface area contributed by atoms with E-state index >= 15 is 0 Å². The third-order valence-corrected chi connectivity index (χ3v) is 6.02. The first-order valence-corrected chi connectivity index (χ1v) is 11.3. The van der Waals surface area contributed by atoms with Crippen LogP contribution in [0.25, 0.3) is 16.6 Å². The van der Waals surface area contributed by atoms with Gasteiger partial charge >= 0.3 is 0 Å². The Bertz CT molecular complexity index is 1400. The maximum Gasteiger partial charge on any atom is 0.266 e. The second kappa shape index (κ2) is 9.97. The Morgan fingerprint density at radius 3 is 2.67 bits per heavy atom. The third-order valence-electron chi connectivity index (χ3n) is 4.75. The number of thioether (sulfide) groups is 1. The van der Waals surface area contributed by atoms with E-state index in [4.69, 9.17) is 11.6 Å². The first kappa shape index (κ1) is 22.7. The van der Waals surface area contributed by atoms with E-state index < -0.39 is 11.7 Å². The number of amides is 1. The Balaban J connectivity index is 1.57. The Hall–Kier alpha value is -3.49. The molecule has 1 amide bonds. The van der Waals surface area contributed by atoms with E-state index in [1.165, 1.54) is 22.8 Å². The molecule has 0 saturated heterocycles. The number of aromatic nitrogens is 2. The van der Waals surface area contributed by atoms with Crippen LogP contribution in [0.5, 0.6) is 0 Å². The molecule has 0 fully saturated rings. The number of hydrazone groups is 1.